The number of amides is 1. The number of nitrogens with zero attached hydrogens (tertiary/aromatic N) is 3. The predicted molar refractivity (Wildman–Crippen MR) is 106 cm³/mol. The van der Waals surface area contributed by atoms with Crippen molar-refractivity contribution in [3.8, 4) is 0 Å². The maximum absolute atomic E-state index is 12.8. The van der Waals surface area contributed by atoms with Crippen LogP contribution < -0.4 is 5.69 Å². The molecule has 0 atom stereocenters. The van der Waals surface area contributed by atoms with E-state index < -0.39 is 0 Å². The number of aromatic nitrogens is 2. The number of hydrogen-bond donors (Lipinski definition) is 1. The van der Waals surface area contributed by atoms with Gasteiger partial charge in [-0.05, 0) is 35.9 Å². The Balaban J connectivity index is 1.41. The number of aromatic amines is 1. The van der Waals surface area contributed by atoms with Gasteiger partial charge >= 0.3 is 5.69 Å². The first kappa shape index (κ1) is 17.8. The molecule has 0 spiro atoms. The van der Waals surface area contributed by atoms with Crippen LogP contribution in [-0.2, 0) is 13.6 Å². The van der Waals surface area contributed by atoms with E-state index in [4.69, 9.17) is 11.6 Å². The van der Waals surface area contributed by atoms with Crippen LogP contribution in [0.1, 0.15) is 15.9 Å². The number of carbonyl (C=O) groups is 1. The Hall–Kier alpha value is -2.57. The summed E-state index contributed by atoms with van der Waals surface area (Å²) in [5, 5.41) is 0.742. The van der Waals surface area contributed by atoms with E-state index in [1.54, 1.807) is 23.7 Å². The minimum absolute atomic E-state index is 0.00717. The summed E-state index contributed by atoms with van der Waals surface area (Å²) >= 11 is 5.93. The largest absolute Gasteiger partial charge is 0.336 e. The average molecular weight is 385 g/mol. The zero-order valence-corrected chi connectivity index (χ0v) is 15.9. The molecule has 0 bridgehead atoms. The maximum atomic E-state index is 12.8. The molecule has 140 valence electrons. The van der Waals surface area contributed by atoms with Crippen molar-refractivity contribution in [1.82, 2.24) is 19.4 Å². The summed E-state index contributed by atoms with van der Waals surface area (Å²) in [6, 6.07) is 13.3. The van der Waals surface area contributed by atoms with Gasteiger partial charge < -0.3 is 9.88 Å². The SMILES string of the molecule is Cn1c(=O)[nH]c2cc(C(=O)N3CCN(Cc4ccc(Cl)cc4)CC3)ccc21. The molecule has 1 fully saturated rings. The number of fused-ring (bicyclic) bond motifs is 1. The lowest BCUT2D eigenvalue weighted by atomic mass is 10.1. The van der Waals surface area contributed by atoms with E-state index in [2.05, 4.69) is 9.88 Å². The molecule has 7 heteroatoms. The molecule has 3 aromatic rings. The van der Waals surface area contributed by atoms with E-state index in [-0.39, 0.29) is 11.6 Å². The second-order valence-corrected chi connectivity index (χ2v) is 7.35. The molecular formula is C20H21ClN4O2. The number of piperazine rings is 1. The molecule has 0 radical (unpaired) electrons. The lowest BCUT2D eigenvalue weighted by molar-refractivity contribution is 0.0628. The smallest absolute Gasteiger partial charge is 0.326 e. The number of benzene rings is 2. The summed E-state index contributed by atoms with van der Waals surface area (Å²) in [7, 11) is 1.71. The van der Waals surface area contributed by atoms with Crippen molar-refractivity contribution in [2.24, 2.45) is 7.05 Å². The molecular weight excluding hydrogens is 364 g/mol. The summed E-state index contributed by atoms with van der Waals surface area (Å²) in [4.78, 5) is 31.6. The number of carbonyl (C=O) groups excluding carboxylic acids is 1. The molecule has 4 rings (SSSR count). The highest BCUT2D eigenvalue weighted by Crippen LogP contribution is 2.16. The fourth-order valence-corrected chi connectivity index (χ4v) is 3.64. The van der Waals surface area contributed by atoms with E-state index in [1.165, 1.54) is 5.56 Å². The number of H-pyrrole nitrogens is 1. The Labute approximate surface area is 162 Å². The zero-order chi connectivity index (χ0) is 19.0. The Bertz CT molecular complexity index is 1030. The highest BCUT2D eigenvalue weighted by molar-refractivity contribution is 6.30. The van der Waals surface area contributed by atoms with E-state index in [1.807, 2.05) is 35.2 Å². The number of imidazole rings is 1. The van der Waals surface area contributed by atoms with Gasteiger partial charge in [0.15, 0.2) is 0 Å². The molecule has 1 N–H and O–H groups in total. The van der Waals surface area contributed by atoms with Crippen LogP contribution in [0.25, 0.3) is 11.0 Å². The van der Waals surface area contributed by atoms with E-state index in [9.17, 15) is 9.59 Å². The van der Waals surface area contributed by atoms with Crippen molar-refractivity contribution in [2.75, 3.05) is 26.2 Å². The summed E-state index contributed by atoms with van der Waals surface area (Å²) in [6.45, 7) is 3.90. The van der Waals surface area contributed by atoms with Gasteiger partial charge in [0.2, 0.25) is 0 Å². The molecule has 1 aromatic heterocycles. The Morgan fingerprint density at radius 3 is 2.48 bits per heavy atom. The van der Waals surface area contributed by atoms with Gasteiger partial charge in [0.1, 0.15) is 0 Å². The van der Waals surface area contributed by atoms with Crippen LogP contribution in [-0.4, -0.2) is 51.4 Å². The van der Waals surface area contributed by atoms with Crippen LogP contribution in [0.4, 0.5) is 0 Å². The number of halogens is 1. The number of rotatable bonds is 3. The standard InChI is InChI=1S/C20H21ClN4O2/c1-23-18-7-4-15(12-17(18)22-20(23)27)19(26)25-10-8-24(9-11-25)13-14-2-5-16(21)6-3-14/h2-7,12H,8-11,13H2,1H3,(H,22,27). The fraction of sp³-hybridized carbons (Fsp3) is 0.300. The second kappa shape index (κ2) is 7.21. The number of nitrogens with one attached hydrogen (secondary N) is 1. The summed E-state index contributed by atoms with van der Waals surface area (Å²) in [5.74, 6) is 0.00717. The van der Waals surface area contributed by atoms with Crippen LogP contribution >= 0.6 is 11.6 Å². The minimum Gasteiger partial charge on any atom is -0.336 e. The molecule has 1 saturated heterocycles. The van der Waals surface area contributed by atoms with Crippen LogP contribution in [0.2, 0.25) is 5.02 Å². The van der Waals surface area contributed by atoms with Gasteiger partial charge in [0, 0.05) is 50.4 Å². The quantitative estimate of drug-likeness (QED) is 0.754. The van der Waals surface area contributed by atoms with Crippen LogP contribution in [0.15, 0.2) is 47.3 Å². The molecule has 2 aromatic carbocycles. The third-order valence-corrected chi connectivity index (χ3v) is 5.38. The van der Waals surface area contributed by atoms with Crippen molar-refractivity contribution in [2.45, 2.75) is 6.54 Å². The normalized spacial score (nSPS) is 15.4. The van der Waals surface area contributed by atoms with Gasteiger partial charge in [-0.3, -0.25) is 14.3 Å². The summed E-state index contributed by atoms with van der Waals surface area (Å²) in [5.41, 5.74) is 3.14. The molecule has 1 aliphatic rings. The van der Waals surface area contributed by atoms with Crippen LogP contribution in [0.5, 0.6) is 0 Å². The lowest BCUT2D eigenvalue weighted by Crippen LogP contribution is -2.48. The molecule has 0 aliphatic carbocycles. The third kappa shape index (κ3) is 3.63. The second-order valence-electron chi connectivity index (χ2n) is 6.92. The zero-order valence-electron chi connectivity index (χ0n) is 15.1. The van der Waals surface area contributed by atoms with E-state index >= 15 is 0 Å². The van der Waals surface area contributed by atoms with Gasteiger partial charge in [-0.25, -0.2) is 4.79 Å². The average Bonchev–Trinajstić information content (AvgIpc) is 2.97. The highest BCUT2D eigenvalue weighted by atomic mass is 35.5. The molecule has 2 heterocycles. The summed E-state index contributed by atoms with van der Waals surface area (Å²) < 4.78 is 1.54. The Morgan fingerprint density at radius 2 is 1.78 bits per heavy atom. The number of hydrogen-bond acceptors (Lipinski definition) is 3. The van der Waals surface area contributed by atoms with Crippen molar-refractivity contribution >= 4 is 28.5 Å². The van der Waals surface area contributed by atoms with E-state index in [0.717, 1.165) is 30.2 Å². The van der Waals surface area contributed by atoms with Crippen molar-refractivity contribution in [1.29, 1.82) is 0 Å². The van der Waals surface area contributed by atoms with Crippen molar-refractivity contribution in [3.63, 3.8) is 0 Å². The number of aryl methyl sites for hydroxylation is 1. The third-order valence-electron chi connectivity index (χ3n) is 5.13. The molecule has 6 nitrogen and oxygen atoms in total. The Morgan fingerprint density at radius 1 is 1.07 bits per heavy atom. The first-order chi connectivity index (χ1) is 13.0. The predicted octanol–water partition coefficient (Wildman–Crippen LogP) is 2.48. The summed E-state index contributed by atoms with van der Waals surface area (Å²) in [6.07, 6.45) is 0. The molecule has 1 amide bonds. The van der Waals surface area contributed by atoms with Gasteiger partial charge in [0.05, 0.1) is 11.0 Å². The topological polar surface area (TPSA) is 61.3 Å². The first-order valence-electron chi connectivity index (χ1n) is 8.96. The van der Waals surface area contributed by atoms with Gasteiger partial charge in [-0.15, -0.1) is 0 Å². The molecule has 1 aliphatic heterocycles. The van der Waals surface area contributed by atoms with Gasteiger partial charge in [-0.2, -0.15) is 0 Å². The monoisotopic (exact) mass is 384 g/mol. The van der Waals surface area contributed by atoms with Crippen LogP contribution in [0.3, 0.4) is 0 Å². The maximum Gasteiger partial charge on any atom is 0.326 e. The highest BCUT2D eigenvalue weighted by Gasteiger charge is 2.22. The molecule has 0 saturated carbocycles. The molecule has 27 heavy (non-hydrogen) atoms. The van der Waals surface area contributed by atoms with Crippen molar-refractivity contribution < 1.29 is 4.79 Å². The van der Waals surface area contributed by atoms with Crippen LogP contribution in [0, 0.1) is 0 Å². The molecule has 0 unspecified atom stereocenters. The fourth-order valence-electron chi connectivity index (χ4n) is 3.51. The van der Waals surface area contributed by atoms with Crippen molar-refractivity contribution in [3.05, 3.63) is 69.1 Å². The lowest BCUT2D eigenvalue weighted by Gasteiger charge is -2.34. The minimum atomic E-state index is -0.176. The van der Waals surface area contributed by atoms with Gasteiger partial charge in [-0.1, -0.05) is 23.7 Å². The van der Waals surface area contributed by atoms with E-state index in [0.29, 0.717) is 24.2 Å². The first-order valence-corrected chi connectivity index (χ1v) is 9.34. The van der Waals surface area contributed by atoms with Gasteiger partial charge in [0.25, 0.3) is 5.91 Å². The Kier molecular flexibility index (Phi) is 4.76.